The summed E-state index contributed by atoms with van der Waals surface area (Å²) in [6.07, 6.45) is 2.16. The Morgan fingerprint density at radius 1 is 1.45 bits per heavy atom. The Morgan fingerprint density at radius 3 is 3.05 bits per heavy atom. The van der Waals surface area contributed by atoms with Gasteiger partial charge in [-0.3, -0.25) is 0 Å². The first-order valence-electron chi connectivity index (χ1n) is 6.88. The van der Waals surface area contributed by atoms with Gasteiger partial charge < -0.3 is 10.1 Å². The molecule has 0 saturated carbocycles. The molecule has 0 bridgehead atoms. The number of hydrogen-bond acceptors (Lipinski definition) is 4. The molecular weight excluding hydrogens is 250 g/mol. The van der Waals surface area contributed by atoms with Crippen molar-refractivity contribution in [2.45, 2.75) is 25.4 Å². The van der Waals surface area contributed by atoms with Crippen molar-refractivity contribution in [3.63, 3.8) is 0 Å². The molecule has 2 heterocycles. The van der Waals surface area contributed by atoms with E-state index in [1.54, 1.807) is 6.07 Å². The monoisotopic (exact) mass is 267 g/mol. The van der Waals surface area contributed by atoms with Crippen LogP contribution in [0.3, 0.4) is 0 Å². The molecule has 1 unspecified atom stereocenters. The number of hydrogen-bond donors (Lipinski definition) is 1. The van der Waals surface area contributed by atoms with Crippen molar-refractivity contribution >= 4 is 16.7 Å². The Hall–Kier alpha value is -2.12. The van der Waals surface area contributed by atoms with E-state index >= 15 is 0 Å². The summed E-state index contributed by atoms with van der Waals surface area (Å²) < 4.78 is 5.75. The summed E-state index contributed by atoms with van der Waals surface area (Å²) in [6, 6.07) is 11.7. The number of nitriles is 1. The smallest absolute Gasteiger partial charge is 0.128 e. The van der Waals surface area contributed by atoms with E-state index in [0.717, 1.165) is 36.2 Å². The van der Waals surface area contributed by atoms with Gasteiger partial charge in [-0.15, -0.1) is 0 Å². The van der Waals surface area contributed by atoms with E-state index in [0.29, 0.717) is 12.1 Å². The van der Waals surface area contributed by atoms with E-state index in [1.807, 2.05) is 24.3 Å². The van der Waals surface area contributed by atoms with Crippen LogP contribution in [0.4, 0.5) is 5.82 Å². The third kappa shape index (κ3) is 2.45. The summed E-state index contributed by atoms with van der Waals surface area (Å²) in [7, 11) is 0. The van der Waals surface area contributed by atoms with Gasteiger partial charge in [-0.2, -0.15) is 5.26 Å². The average Bonchev–Trinajstić information content (AvgIpc) is 2.91. The van der Waals surface area contributed by atoms with Crippen molar-refractivity contribution in [2.24, 2.45) is 0 Å². The minimum absolute atomic E-state index is 0.125. The zero-order valence-electron chi connectivity index (χ0n) is 11.5. The number of ether oxygens (including phenoxy) is 1. The van der Waals surface area contributed by atoms with Gasteiger partial charge in [-0.05, 0) is 31.9 Å². The third-order valence-corrected chi connectivity index (χ3v) is 3.78. The fourth-order valence-corrected chi connectivity index (χ4v) is 2.61. The number of pyridine rings is 1. The molecule has 20 heavy (non-hydrogen) atoms. The molecule has 0 spiro atoms. The van der Waals surface area contributed by atoms with Crippen LogP contribution in [-0.2, 0) is 4.74 Å². The van der Waals surface area contributed by atoms with Crippen molar-refractivity contribution in [2.75, 3.05) is 18.5 Å². The Balaban J connectivity index is 1.87. The summed E-state index contributed by atoms with van der Waals surface area (Å²) in [5.41, 5.74) is 1.36. The maximum atomic E-state index is 9.26. The molecule has 0 aliphatic carbocycles. The Morgan fingerprint density at radius 2 is 2.30 bits per heavy atom. The summed E-state index contributed by atoms with van der Waals surface area (Å²) >= 11 is 0. The van der Waals surface area contributed by atoms with Crippen LogP contribution in [0, 0.1) is 11.3 Å². The predicted molar refractivity (Wildman–Crippen MR) is 78.5 cm³/mol. The van der Waals surface area contributed by atoms with Crippen LogP contribution in [0.15, 0.2) is 30.3 Å². The molecule has 1 aromatic carbocycles. The molecular formula is C16H17N3O. The van der Waals surface area contributed by atoms with E-state index in [9.17, 15) is 5.26 Å². The van der Waals surface area contributed by atoms with Crippen LogP contribution in [0.5, 0.6) is 0 Å². The van der Waals surface area contributed by atoms with Crippen LogP contribution >= 0.6 is 0 Å². The van der Waals surface area contributed by atoms with Crippen molar-refractivity contribution < 1.29 is 4.74 Å². The van der Waals surface area contributed by atoms with E-state index in [1.165, 1.54) is 0 Å². The lowest BCUT2D eigenvalue weighted by atomic mass is 10.0. The first kappa shape index (κ1) is 12.9. The molecule has 1 saturated heterocycles. The SMILES string of the molecule is CC1(CNc2cc(C#N)c3ccccc3n2)CCCO1. The van der Waals surface area contributed by atoms with Crippen molar-refractivity contribution in [3.05, 3.63) is 35.9 Å². The summed E-state index contributed by atoms with van der Waals surface area (Å²) in [6.45, 7) is 3.65. The standard InChI is InChI=1S/C16H17N3O/c1-16(7-4-8-20-16)11-18-15-9-12(10-17)13-5-2-3-6-14(13)19-15/h2-3,5-6,9H,4,7-8,11H2,1H3,(H,18,19). The van der Waals surface area contributed by atoms with Crippen LogP contribution in [0.25, 0.3) is 10.9 Å². The largest absolute Gasteiger partial charge is 0.373 e. The van der Waals surface area contributed by atoms with E-state index < -0.39 is 0 Å². The first-order chi connectivity index (χ1) is 9.70. The lowest BCUT2D eigenvalue weighted by Gasteiger charge is -2.23. The van der Waals surface area contributed by atoms with Gasteiger partial charge in [0.1, 0.15) is 5.82 Å². The summed E-state index contributed by atoms with van der Waals surface area (Å²) in [4.78, 5) is 4.56. The molecule has 4 heteroatoms. The zero-order chi connectivity index (χ0) is 14.0. The molecule has 1 aromatic heterocycles. The Bertz CT molecular complexity index is 669. The predicted octanol–water partition coefficient (Wildman–Crippen LogP) is 3.09. The zero-order valence-corrected chi connectivity index (χ0v) is 11.5. The van der Waals surface area contributed by atoms with Crippen molar-refractivity contribution in [1.82, 2.24) is 4.98 Å². The van der Waals surface area contributed by atoms with E-state index in [4.69, 9.17) is 4.74 Å². The summed E-state index contributed by atoms with van der Waals surface area (Å²) in [5.74, 6) is 0.733. The van der Waals surface area contributed by atoms with Gasteiger partial charge in [0, 0.05) is 18.5 Å². The maximum Gasteiger partial charge on any atom is 0.128 e. The third-order valence-electron chi connectivity index (χ3n) is 3.78. The number of para-hydroxylation sites is 1. The molecule has 1 N–H and O–H groups in total. The quantitative estimate of drug-likeness (QED) is 0.928. The van der Waals surface area contributed by atoms with Crippen LogP contribution in [-0.4, -0.2) is 23.7 Å². The normalized spacial score (nSPS) is 21.8. The van der Waals surface area contributed by atoms with Crippen molar-refractivity contribution in [1.29, 1.82) is 5.26 Å². The highest BCUT2D eigenvalue weighted by Crippen LogP contribution is 2.26. The number of aromatic nitrogens is 1. The molecule has 1 aliphatic heterocycles. The summed E-state index contributed by atoms with van der Waals surface area (Å²) in [5, 5.41) is 13.5. The number of rotatable bonds is 3. The average molecular weight is 267 g/mol. The first-order valence-corrected chi connectivity index (χ1v) is 6.88. The second kappa shape index (κ2) is 5.10. The van der Waals surface area contributed by atoms with Crippen molar-refractivity contribution in [3.8, 4) is 6.07 Å². The number of nitrogens with one attached hydrogen (secondary N) is 1. The second-order valence-corrected chi connectivity index (χ2v) is 5.44. The fraction of sp³-hybridized carbons (Fsp3) is 0.375. The molecule has 0 amide bonds. The van der Waals surface area contributed by atoms with Gasteiger partial charge in [0.05, 0.1) is 22.8 Å². The number of anilines is 1. The number of fused-ring (bicyclic) bond motifs is 1. The van der Waals surface area contributed by atoms with Gasteiger partial charge >= 0.3 is 0 Å². The lowest BCUT2D eigenvalue weighted by Crippen LogP contribution is -2.32. The maximum absolute atomic E-state index is 9.26. The minimum atomic E-state index is -0.125. The fourth-order valence-electron chi connectivity index (χ4n) is 2.61. The Kier molecular flexibility index (Phi) is 3.29. The van der Waals surface area contributed by atoms with Gasteiger partial charge in [-0.25, -0.2) is 4.98 Å². The van der Waals surface area contributed by atoms with E-state index in [-0.39, 0.29) is 5.60 Å². The van der Waals surface area contributed by atoms with Gasteiger partial charge in [0.2, 0.25) is 0 Å². The van der Waals surface area contributed by atoms with Crippen LogP contribution in [0.1, 0.15) is 25.3 Å². The molecule has 1 fully saturated rings. The number of nitrogens with zero attached hydrogens (tertiary/aromatic N) is 2. The molecule has 102 valence electrons. The molecule has 1 aliphatic rings. The molecule has 2 aromatic rings. The Labute approximate surface area is 118 Å². The highest BCUT2D eigenvalue weighted by molar-refractivity contribution is 5.86. The molecule has 0 radical (unpaired) electrons. The molecule has 3 rings (SSSR count). The van der Waals surface area contributed by atoms with Gasteiger partial charge in [0.15, 0.2) is 0 Å². The minimum Gasteiger partial charge on any atom is -0.373 e. The highest BCUT2D eigenvalue weighted by Gasteiger charge is 2.29. The number of benzene rings is 1. The van der Waals surface area contributed by atoms with Crippen LogP contribution < -0.4 is 5.32 Å². The lowest BCUT2D eigenvalue weighted by molar-refractivity contribution is 0.0315. The highest BCUT2D eigenvalue weighted by atomic mass is 16.5. The topological polar surface area (TPSA) is 57.9 Å². The second-order valence-electron chi connectivity index (χ2n) is 5.44. The molecule has 4 nitrogen and oxygen atoms in total. The molecule has 1 atom stereocenters. The van der Waals surface area contributed by atoms with Gasteiger partial charge in [-0.1, -0.05) is 18.2 Å². The van der Waals surface area contributed by atoms with Crippen LogP contribution in [0.2, 0.25) is 0 Å². The van der Waals surface area contributed by atoms with E-state index in [2.05, 4.69) is 23.3 Å². The van der Waals surface area contributed by atoms with Gasteiger partial charge in [0.25, 0.3) is 0 Å².